The van der Waals surface area contributed by atoms with E-state index >= 15 is 0 Å². The molecule has 3 aromatic rings. The highest BCUT2D eigenvalue weighted by molar-refractivity contribution is 7.09. The highest BCUT2D eigenvalue weighted by Gasteiger charge is 2.06. The van der Waals surface area contributed by atoms with E-state index in [1.807, 2.05) is 30.3 Å². The van der Waals surface area contributed by atoms with Crippen molar-refractivity contribution in [3.63, 3.8) is 0 Å². The summed E-state index contributed by atoms with van der Waals surface area (Å²) in [6.07, 6.45) is 2.73. The van der Waals surface area contributed by atoms with Crippen LogP contribution in [0.5, 0.6) is 0 Å². The first-order valence-electron chi connectivity index (χ1n) is 7.49. The summed E-state index contributed by atoms with van der Waals surface area (Å²) < 4.78 is 0. The SMILES string of the molecule is NCc1cnc(NCCc2cccs2)nc1Nc1ccccc1. The van der Waals surface area contributed by atoms with Crippen molar-refractivity contribution in [1.29, 1.82) is 0 Å². The number of nitrogens with zero attached hydrogens (tertiary/aromatic N) is 2. The molecule has 0 bridgehead atoms. The lowest BCUT2D eigenvalue weighted by Crippen LogP contribution is -2.11. The number of anilines is 3. The first kappa shape index (κ1) is 15.5. The van der Waals surface area contributed by atoms with Crippen molar-refractivity contribution >= 4 is 28.8 Å². The van der Waals surface area contributed by atoms with Crippen molar-refractivity contribution in [3.8, 4) is 0 Å². The molecule has 0 aliphatic heterocycles. The molecule has 3 rings (SSSR count). The lowest BCUT2D eigenvalue weighted by Gasteiger charge is -2.12. The van der Waals surface area contributed by atoms with Gasteiger partial charge in [0.15, 0.2) is 0 Å². The highest BCUT2D eigenvalue weighted by Crippen LogP contribution is 2.19. The Bertz CT molecular complexity index is 728. The molecule has 0 amide bonds. The summed E-state index contributed by atoms with van der Waals surface area (Å²) in [6.45, 7) is 1.19. The maximum absolute atomic E-state index is 5.78. The minimum atomic E-state index is 0.393. The van der Waals surface area contributed by atoms with Gasteiger partial charge in [-0.25, -0.2) is 4.98 Å². The molecule has 0 spiro atoms. The van der Waals surface area contributed by atoms with Crippen LogP contribution in [0.4, 0.5) is 17.5 Å². The summed E-state index contributed by atoms with van der Waals surface area (Å²) in [4.78, 5) is 10.2. The largest absolute Gasteiger partial charge is 0.354 e. The van der Waals surface area contributed by atoms with E-state index in [0.29, 0.717) is 12.5 Å². The Balaban J connectivity index is 1.68. The lowest BCUT2D eigenvalue weighted by molar-refractivity contribution is 0.973. The first-order chi connectivity index (χ1) is 11.3. The quantitative estimate of drug-likeness (QED) is 0.621. The van der Waals surface area contributed by atoms with E-state index in [1.54, 1.807) is 17.5 Å². The molecular formula is C17H19N5S. The third kappa shape index (κ3) is 4.28. The Kier molecular flexibility index (Phi) is 5.18. The molecule has 6 heteroatoms. The smallest absolute Gasteiger partial charge is 0.224 e. The molecule has 0 radical (unpaired) electrons. The molecule has 2 heterocycles. The number of aromatic nitrogens is 2. The Morgan fingerprint density at radius 1 is 1.09 bits per heavy atom. The van der Waals surface area contributed by atoms with Gasteiger partial charge in [-0.3, -0.25) is 0 Å². The van der Waals surface area contributed by atoms with Crippen LogP contribution >= 0.6 is 11.3 Å². The molecule has 0 aliphatic carbocycles. The first-order valence-corrected chi connectivity index (χ1v) is 8.37. The number of para-hydroxylation sites is 1. The summed E-state index contributed by atoms with van der Waals surface area (Å²) in [5.41, 5.74) is 7.64. The van der Waals surface area contributed by atoms with E-state index in [9.17, 15) is 0 Å². The van der Waals surface area contributed by atoms with Crippen molar-refractivity contribution in [2.75, 3.05) is 17.2 Å². The number of nitrogens with one attached hydrogen (secondary N) is 2. The number of thiophene rings is 1. The van der Waals surface area contributed by atoms with Gasteiger partial charge in [0, 0.05) is 35.4 Å². The van der Waals surface area contributed by atoms with Crippen LogP contribution < -0.4 is 16.4 Å². The second-order valence-corrected chi connectivity index (χ2v) is 6.05. The number of hydrogen-bond donors (Lipinski definition) is 3. The molecule has 1 aromatic carbocycles. The van der Waals surface area contributed by atoms with E-state index in [0.717, 1.165) is 30.0 Å². The van der Waals surface area contributed by atoms with Crippen LogP contribution in [0.1, 0.15) is 10.4 Å². The van der Waals surface area contributed by atoms with Gasteiger partial charge < -0.3 is 16.4 Å². The molecule has 0 saturated carbocycles. The van der Waals surface area contributed by atoms with Crippen LogP contribution in [0.15, 0.2) is 54.0 Å². The molecule has 2 aromatic heterocycles. The second-order valence-electron chi connectivity index (χ2n) is 5.02. The van der Waals surface area contributed by atoms with Crippen LogP contribution in [-0.2, 0) is 13.0 Å². The maximum Gasteiger partial charge on any atom is 0.224 e. The van der Waals surface area contributed by atoms with Crippen LogP contribution in [-0.4, -0.2) is 16.5 Å². The predicted molar refractivity (Wildman–Crippen MR) is 96.2 cm³/mol. The zero-order valence-electron chi connectivity index (χ0n) is 12.7. The van der Waals surface area contributed by atoms with E-state index in [-0.39, 0.29) is 0 Å². The molecule has 118 valence electrons. The fraction of sp³-hybridized carbons (Fsp3) is 0.176. The van der Waals surface area contributed by atoms with Gasteiger partial charge in [-0.1, -0.05) is 24.3 Å². The minimum absolute atomic E-state index is 0.393. The van der Waals surface area contributed by atoms with Gasteiger partial charge >= 0.3 is 0 Å². The molecule has 4 N–H and O–H groups in total. The van der Waals surface area contributed by atoms with Crippen LogP contribution in [0.3, 0.4) is 0 Å². The number of hydrogen-bond acceptors (Lipinski definition) is 6. The molecular weight excluding hydrogens is 306 g/mol. The molecule has 0 aliphatic rings. The Hall–Kier alpha value is -2.44. The van der Waals surface area contributed by atoms with E-state index in [4.69, 9.17) is 5.73 Å². The third-order valence-corrected chi connectivity index (χ3v) is 4.29. The number of nitrogens with two attached hydrogens (primary N) is 1. The standard InChI is InChI=1S/C17H19N5S/c18-11-13-12-20-17(19-9-8-15-7-4-10-23-15)22-16(13)21-14-5-2-1-3-6-14/h1-7,10,12H,8-9,11,18H2,(H2,19,20,21,22). The van der Waals surface area contributed by atoms with E-state index < -0.39 is 0 Å². The summed E-state index contributed by atoms with van der Waals surface area (Å²) in [5, 5.41) is 8.65. The molecule has 23 heavy (non-hydrogen) atoms. The van der Waals surface area contributed by atoms with Crippen molar-refractivity contribution < 1.29 is 0 Å². The Labute approximate surface area is 139 Å². The van der Waals surface area contributed by atoms with Gasteiger partial charge in [-0.2, -0.15) is 4.98 Å². The van der Waals surface area contributed by atoms with Gasteiger partial charge in [0.25, 0.3) is 0 Å². The van der Waals surface area contributed by atoms with Crippen molar-refractivity contribution in [3.05, 3.63) is 64.5 Å². The van der Waals surface area contributed by atoms with E-state index in [1.165, 1.54) is 4.88 Å². The molecule has 5 nitrogen and oxygen atoms in total. The highest BCUT2D eigenvalue weighted by atomic mass is 32.1. The topological polar surface area (TPSA) is 75.9 Å². The van der Waals surface area contributed by atoms with Gasteiger partial charge in [-0.05, 0) is 30.0 Å². The average Bonchev–Trinajstić information content (AvgIpc) is 3.09. The molecule has 0 unspecified atom stereocenters. The van der Waals surface area contributed by atoms with Crippen LogP contribution in [0.25, 0.3) is 0 Å². The molecule has 0 atom stereocenters. The van der Waals surface area contributed by atoms with Crippen molar-refractivity contribution in [2.45, 2.75) is 13.0 Å². The average molecular weight is 325 g/mol. The van der Waals surface area contributed by atoms with Gasteiger partial charge in [-0.15, -0.1) is 11.3 Å². The zero-order valence-corrected chi connectivity index (χ0v) is 13.5. The van der Waals surface area contributed by atoms with E-state index in [2.05, 4.69) is 38.1 Å². The third-order valence-electron chi connectivity index (χ3n) is 3.36. The second kappa shape index (κ2) is 7.71. The summed E-state index contributed by atoms with van der Waals surface area (Å²) in [7, 11) is 0. The molecule has 0 fully saturated rings. The summed E-state index contributed by atoms with van der Waals surface area (Å²) >= 11 is 1.76. The van der Waals surface area contributed by atoms with Gasteiger partial charge in [0.1, 0.15) is 5.82 Å². The fourth-order valence-electron chi connectivity index (χ4n) is 2.16. The zero-order chi connectivity index (χ0) is 15.9. The monoisotopic (exact) mass is 325 g/mol. The van der Waals surface area contributed by atoms with Crippen LogP contribution in [0, 0.1) is 0 Å². The maximum atomic E-state index is 5.78. The van der Waals surface area contributed by atoms with Gasteiger partial charge in [0.05, 0.1) is 0 Å². The van der Waals surface area contributed by atoms with Crippen LogP contribution in [0.2, 0.25) is 0 Å². The van der Waals surface area contributed by atoms with Gasteiger partial charge in [0.2, 0.25) is 5.95 Å². The Morgan fingerprint density at radius 2 is 1.96 bits per heavy atom. The summed E-state index contributed by atoms with van der Waals surface area (Å²) in [6, 6.07) is 14.1. The summed E-state index contributed by atoms with van der Waals surface area (Å²) in [5.74, 6) is 1.35. The minimum Gasteiger partial charge on any atom is -0.354 e. The number of rotatable bonds is 7. The predicted octanol–water partition coefficient (Wildman–Crippen LogP) is 3.40. The lowest BCUT2D eigenvalue weighted by atomic mass is 10.2. The van der Waals surface area contributed by atoms with Crippen molar-refractivity contribution in [1.82, 2.24) is 9.97 Å². The molecule has 0 saturated heterocycles. The Morgan fingerprint density at radius 3 is 2.70 bits per heavy atom. The fourth-order valence-corrected chi connectivity index (χ4v) is 2.87. The number of benzene rings is 1. The van der Waals surface area contributed by atoms with Crippen molar-refractivity contribution in [2.24, 2.45) is 5.73 Å². The normalized spacial score (nSPS) is 10.5.